The molecule has 1 aromatic heterocycles. The van der Waals surface area contributed by atoms with Crippen molar-refractivity contribution in [3.05, 3.63) is 23.9 Å². The number of hydrogen-bond acceptors (Lipinski definition) is 4. The lowest BCUT2D eigenvalue weighted by atomic mass is 10.3. The van der Waals surface area contributed by atoms with Crippen LogP contribution in [0.5, 0.6) is 0 Å². The van der Waals surface area contributed by atoms with Gasteiger partial charge in [0, 0.05) is 38.8 Å². The van der Waals surface area contributed by atoms with Crippen LogP contribution in [0.25, 0.3) is 0 Å². The van der Waals surface area contributed by atoms with E-state index < -0.39 is 11.6 Å². The molecule has 0 aromatic carbocycles. The lowest BCUT2D eigenvalue weighted by molar-refractivity contribution is 0.290. The van der Waals surface area contributed by atoms with Gasteiger partial charge < -0.3 is 10.6 Å². The topological polar surface area (TPSA) is 45.4 Å². The van der Waals surface area contributed by atoms with Crippen LogP contribution in [0.1, 0.15) is 0 Å². The van der Waals surface area contributed by atoms with Gasteiger partial charge in [0.05, 0.1) is 11.2 Å². The molecule has 0 saturated carbocycles. The van der Waals surface area contributed by atoms with Crippen molar-refractivity contribution in [2.75, 3.05) is 37.6 Å². The third-order valence-electron chi connectivity index (χ3n) is 2.84. The van der Waals surface area contributed by atoms with Crippen LogP contribution in [-0.2, 0) is 0 Å². The van der Waals surface area contributed by atoms with Crippen LogP contribution in [-0.4, -0.2) is 47.6 Å². The SMILES string of the molecule is NC(=S)CN1CCN(c2ncc(F)cc2F)CC1. The Bertz CT molecular complexity index is 447. The summed E-state index contributed by atoms with van der Waals surface area (Å²) in [5.74, 6) is -1.09. The molecule has 1 aliphatic heterocycles. The summed E-state index contributed by atoms with van der Waals surface area (Å²) in [5, 5.41) is 0. The van der Waals surface area contributed by atoms with E-state index in [4.69, 9.17) is 18.0 Å². The zero-order chi connectivity index (χ0) is 13.1. The van der Waals surface area contributed by atoms with E-state index in [1.807, 2.05) is 0 Å². The minimum atomic E-state index is -0.664. The highest BCUT2D eigenvalue weighted by molar-refractivity contribution is 7.80. The normalized spacial score (nSPS) is 16.9. The van der Waals surface area contributed by atoms with Crippen LogP contribution in [0.4, 0.5) is 14.6 Å². The Morgan fingerprint density at radius 1 is 1.33 bits per heavy atom. The third-order valence-corrected chi connectivity index (χ3v) is 2.97. The average molecular weight is 272 g/mol. The number of hydrogen-bond donors (Lipinski definition) is 1. The second-order valence-corrected chi connectivity index (χ2v) is 4.71. The highest BCUT2D eigenvalue weighted by atomic mass is 32.1. The molecule has 0 bridgehead atoms. The molecule has 1 saturated heterocycles. The molecular formula is C11H14F2N4S. The Kier molecular flexibility index (Phi) is 4.03. The molecule has 1 fully saturated rings. The number of aromatic nitrogens is 1. The number of piperazine rings is 1. The Morgan fingerprint density at radius 2 is 2.00 bits per heavy atom. The van der Waals surface area contributed by atoms with E-state index in [1.165, 1.54) is 0 Å². The van der Waals surface area contributed by atoms with Crippen LogP contribution in [0.15, 0.2) is 12.3 Å². The molecule has 1 aliphatic rings. The fourth-order valence-electron chi connectivity index (χ4n) is 1.98. The van der Waals surface area contributed by atoms with Crippen molar-refractivity contribution in [3.63, 3.8) is 0 Å². The van der Waals surface area contributed by atoms with Gasteiger partial charge in [-0.25, -0.2) is 13.8 Å². The zero-order valence-electron chi connectivity index (χ0n) is 9.77. The Morgan fingerprint density at radius 3 is 2.56 bits per heavy atom. The van der Waals surface area contributed by atoms with Gasteiger partial charge in [0.25, 0.3) is 0 Å². The van der Waals surface area contributed by atoms with Crippen LogP contribution in [0, 0.1) is 11.6 Å². The molecule has 0 unspecified atom stereocenters. The molecule has 0 aliphatic carbocycles. The van der Waals surface area contributed by atoms with Gasteiger partial charge in [-0.3, -0.25) is 4.90 Å². The van der Waals surface area contributed by atoms with Gasteiger partial charge in [-0.1, -0.05) is 12.2 Å². The van der Waals surface area contributed by atoms with E-state index in [0.29, 0.717) is 24.6 Å². The standard InChI is InChI=1S/C11H14F2N4S/c12-8-5-9(13)11(15-6-8)17-3-1-16(2-4-17)7-10(14)18/h5-6H,1-4,7H2,(H2,14,18). The summed E-state index contributed by atoms with van der Waals surface area (Å²) in [6.07, 6.45) is 1.03. The molecule has 0 amide bonds. The van der Waals surface area contributed by atoms with E-state index >= 15 is 0 Å². The van der Waals surface area contributed by atoms with Gasteiger partial charge in [0.15, 0.2) is 11.6 Å². The zero-order valence-corrected chi connectivity index (χ0v) is 10.6. The molecule has 0 radical (unpaired) electrons. The highest BCUT2D eigenvalue weighted by Gasteiger charge is 2.20. The van der Waals surface area contributed by atoms with Crippen molar-refractivity contribution in [2.24, 2.45) is 5.73 Å². The van der Waals surface area contributed by atoms with Crippen molar-refractivity contribution in [2.45, 2.75) is 0 Å². The van der Waals surface area contributed by atoms with Crippen LogP contribution >= 0.6 is 12.2 Å². The number of thiocarbonyl (C=S) groups is 1. The quantitative estimate of drug-likeness (QED) is 0.823. The summed E-state index contributed by atoms with van der Waals surface area (Å²) in [5.41, 5.74) is 5.47. The lowest BCUT2D eigenvalue weighted by Crippen LogP contribution is -2.49. The Hall–Kier alpha value is -1.34. The van der Waals surface area contributed by atoms with Gasteiger partial charge in [-0.15, -0.1) is 0 Å². The molecule has 1 aromatic rings. The van der Waals surface area contributed by atoms with E-state index in [9.17, 15) is 8.78 Å². The van der Waals surface area contributed by atoms with E-state index in [2.05, 4.69) is 9.88 Å². The maximum atomic E-state index is 13.5. The predicted octanol–water partition coefficient (Wildman–Crippen LogP) is 0.768. The predicted molar refractivity (Wildman–Crippen MR) is 69.6 cm³/mol. The summed E-state index contributed by atoms with van der Waals surface area (Å²) >= 11 is 4.84. The maximum Gasteiger partial charge on any atom is 0.168 e. The average Bonchev–Trinajstić information content (AvgIpc) is 2.30. The third kappa shape index (κ3) is 3.11. The van der Waals surface area contributed by atoms with Crippen molar-refractivity contribution >= 4 is 23.0 Å². The molecule has 0 atom stereocenters. The molecule has 18 heavy (non-hydrogen) atoms. The first-order valence-corrected chi connectivity index (χ1v) is 6.04. The van der Waals surface area contributed by atoms with Gasteiger partial charge in [-0.2, -0.15) is 0 Å². The van der Waals surface area contributed by atoms with Gasteiger partial charge in [0.2, 0.25) is 0 Å². The molecule has 98 valence electrons. The Labute approximate surface area is 109 Å². The second-order valence-electron chi connectivity index (χ2n) is 4.19. The number of nitrogens with zero attached hydrogens (tertiary/aromatic N) is 3. The first-order valence-electron chi connectivity index (χ1n) is 5.63. The van der Waals surface area contributed by atoms with Crippen LogP contribution < -0.4 is 10.6 Å². The lowest BCUT2D eigenvalue weighted by Gasteiger charge is -2.35. The minimum Gasteiger partial charge on any atom is -0.392 e. The van der Waals surface area contributed by atoms with Crippen molar-refractivity contribution < 1.29 is 8.78 Å². The van der Waals surface area contributed by atoms with Gasteiger partial charge in [-0.05, 0) is 0 Å². The fourth-order valence-corrected chi connectivity index (χ4v) is 2.16. The van der Waals surface area contributed by atoms with E-state index in [0.717, 1.165) is 25.4 Å². The van der Waals surface area contributed by atoms with Crippen molar-refractivity contribution in [3.8, 4) is 0 Å². The number of pyridine rings is 1. The Balaban J connectivity index is 1.99. The molecule has 2 rings (SSSR count). The molecule has 4 nitrogen and oxygen atoms in total. The molecule has 0 spiro atoms. The number of rotatable bonds is 3. The van der Waals surface area contributed by atoms with Gasteiger partial charge in [0.1, 0.15) is 5.82 Å². The number of anilines is 1. The second kappa shape index (κ2) is 5.53. The van der Waals surface area contributed by atoms with Crippen molar-refractivity contribution in [1.82, 2.24) is 9.88 Å². The first-order chi connectivity index (χ1) is 8.56. The summed E-state index contributed by atoms with van der Waals surface area (Å²) in [6.45, 7) is 3.28. The smallest absolute Gasteiger partial charge is 0.168 e. The summed E-state index contributed by atoms with van der Waals surface area (Å²) in [6, 6.07) is 0.851. The number of nitrogens with two attached hydrogens (primary N) is 1. The summed E-state index contributed by atoms with van der Waals surface area (Å²) < 4.78 is 26.3. The van der Waals surface area contributed by atoms with E-state index in [-0.39, 0.29) is 5.82 Å². The summed E-state index contributed by atoms with van der Waals surface area (Å²) in [7, 11) is 0. The fraction of sp³-hybridized carbons (Fsp3) is 0.455. The van der Waals surface area contributed by atoms with Crippen LogP contribution in [0.3, 0.4) is 0 Å². The monoisotopic (exact) mass is 272 g/mol. The highest BCUT2D eigenvalue weighted by Crippen LogP contribution is 2.18. The van der Waals surface area contributed by atoms with Gasteiger partial charge >= 0.3 is 0 Å². The molecular weight excluding hydrogens is 258 g/mol. The minimum absolute atomic E-state index is 0.200. The molecule has 2 N–H and O–H groups in total. The maximum absolute atomic E-state index is 13.5. The first kappa shape index (κ1) is 13.1. The summed E-state index contributed by atoms with van der Waals surface area (Å²) in [4.78, 5) is 8.14. The molecule has 7 heteroatoms. The largest absolute Gasteiger partial charge is 0.392 e. The van der Waals surface area contributed by atoms with Crippen LogP contribution in [0.2, 0.25) is 0 Å². The number of halogens is 2. The van der Waals surface area contributed by atoms with E-state index in [1.54, 1.807) is 4.90 Å². The molecule has 2 heterocycles. The van der Waals surface area contributed by atoms with Crippen molar-refractivity contribution in [1.29, 1.82) is 0 Å².